The SMILES string of the molecule is C=CCC(C)(C)C(=CCO)c1cc(C)ccc1OC. The molecule has 0 unspecified atom stereocenters. The fourth-order valence-electron chi connectivity index (χ4n) is 2.35. The molecule has 0 aromatic heterocycles. The highest BCUT2D eigenvalue weighted by molar-refractivity contribution is 5.75. The van der Waals surface area contributed by atoms with E-state index in [4.69, 9.17) is 4.74 Å². The monoisotopic (exact) mass is 260 g/mol. The van der Waals surface area contributed by atoms with Crippen molar-refractivity contribution in [1.29, 1.82) is 0 Å². The van der Waals surface area contributed by atoms with Crippen LogP contribution in [0.3, 0.4) is 0 Å². The molecule has 0 spiro atoms. The third kappa shape index (κ3) is 3.71. The Labute approximate surface area is 116 Å². The van der Waals surface area contributed by atoms with Gasteiger partial charge in [0.15, 0.2) is 0 Å². The first kappa shape index (κ1) is 15.5. The summed E-state index contributed by atoms with van der Waals surface area (Å²) in [5.74, 6) is 0.836. The predicted molar refractivity (Wildman–Crippen MR) is 81.4 cm³/mol. The van der Waals surface area contributed by atoms with E-state index in [0.29, 0.717) is 0 Å². The number of aliphatic hydroxyl groups excluding tert-OH is 1. The molecule has 0 saturated carbocycles. The van der Waals surface area contributed by atoms with E-state index in [1.807, 2.05) is 24.3 Å². The summed E-state index contributed by atoms with van der Waals surface area (Å²) in [5, 5.41) is 9.32. The Kier molecular flexibility index (Phi) is 5.37. The zero-order valence-electron chi connectivity index (χ0n) is 12.4. The van der Waals surface area contributed by atoms with E-state index >= 15 is 0 Å². The molecule has 0 aliphatic heterocycles. The van der Waals surface area contributed by atoms with Crippen LogP contribution in [0.4, 0.5) is 0 Å². The maximum atomic E-state index is 9.32. The van der Waals surface area contributed by atoms with Gasteiger partial charge in [0.25, 0.3) is 0 Å². The molecule has 0 saturated heterocycles. The summed E-state index contributed by atoms with van der Waals surface area (Å²) in [7, 11) is 1.67. The van der Waals surface area contributed by atoms with Gasteiger partial charge in [-0.05, 0) is 36.5 Å². The maximum absolute atomic E-state index is 9.32. The van der Waals surface area contributed by atoms with Crippen molar-refractivity contribution in [3.8, 4) is 5.75 Å². The number of hydrogen-bond donors (Lipinski definition) is 1. The van der Waals surface area contributed by atoms with Crippen molar-refractivity contribution in [2.45, 2.75) is 27.2 Å². The molecule has 2 nitrogen and oxygen atoms in total. The molecule has 0 aliphatic carbocycles. The lowest BCUT2D eigenvalue weighted by Crippen LogP contribution is -2.14. The largest absolute Gasteiger partial charge is 0.496 e. The van der Waals surface area contributed by atoms with Gasteiger partial charge in [0.2, 0.25) is 0 Å². The second kappa shape index (κ2) is 6.58. The van der Waals surface area contributed by atoms with Gasteiger partial charge in [-0.25, -0.2) is 0 Å². The number of ether oxygens (including phenoxy) is 1. The van der Waals surface area contributed by atoms with E-state index in [-0.39, 0.29) is 12.0 Å². The average Bonchev–Trinajstić information content (AvgIpc) is 2.35. The van der Waals surface area contributed by atoms with Gasteiger partial charge in [0.05, 0.1) is 13.7 Å². The number of methoxy groups -OCH3 is 1. The van der Waals surface area contributed by atoms with E-state index in [9.17, 15) is 5.11 Å². The van der Waals surface area contributed by atoms with E-state index in [1.165, 1.54) is 5.56 Å². The number of benzene rings is 1. The molecule has 0 heterocycles. The standard InChI is InChI=1S/C17H24O2/c1-6-10-17(3,4)15(9-11-18)14-12-13(2)7-8-16(14)19-5/h6-9,12,18H,1,10-11H2,2-5H3. The molecule has 1 aromatic carbocycles. The Hall–Kier alpha value is -1.54. The summed E-state index contributed by atoms with van der Waals surface area (Å²) < 4.78 is 5.45. The fourth-order valence-corrected chi connectivity index (χ4v) is 2.35. The van der Waals surface area contributed by atoms with Gasteiger partial charge in [0, 0.05) is 5.56 Å². The molecule has 1 aromatic rings. The molecule has 1 rings (SSSR count). The van der Waals surface area contributed by atoms with Crippen LogP contribution in [0.25, 0.3) is 5.57 Å². The van der Waals surface area contributed by atoms with E-state index in [1.54, 1.807) is 7.11 Å². The average molecular weight is 260 g/mol. The molecule has 0 fully saturated rings. The van der Waals surface area contributed by atoms with Crippen molar-refractivity contribution < 1.29 is 9.84 Å². The molecule has 0 atom stereocenters. The predicted octanol–water partition coefficient (Wildman–Crippen LogP) is 3.98. The lowest BCUT2D eigenvalue weighted by Gasteiger charge is -2.28. The highest BCUT2D eigenvalue weighted by atomic mass is 16.5. The minimum Gasteiger partial charge on any atom is -0.496 e. The normalized spacial score (nSPS) is 12.4. The van der Waals surface area contributed by atoms with Crippen LogP contribution >= 0.6 is 0 Å². The molecule has 0 amide bonds. The van der Waals surface area contributed by atoms with E-state index < -0.39 is 0 Å². The quantitative estimate of drug-likeness (QED) is 0.784. The van der Waals surface area contributed by atoms with Crippen LogP contribution in [0, 0.1) is 12.3 Å². The van der Waals surface area contributed by atoms with Crippen molar-refractivity contribution in [2.75, 3.05) is 13.7 Å². The fraction of sp³-hybridized carbons (Fsp3) is 0.412. The van der Waals surface area contributed by atoms with Gasteiger partial charge in [-0.1, -0.05) is 37.6 Å². The highest BCUT2D eigenvalue weighted by Crippen LogP contribution is 2.41. The molecule has 0 bridgehead atoms. The number of aliphatic hydroxyl groups is 1. The Morgan fingerprint density at radius 2 is 2.11 bits per heavy atom. The van der Waals surface area contributed by atoms with E-state index in [2.05, 4.69) is 33.4 Å². The Morgan fingerprint density at radius 1 is 1.42 bits per heavy atom. The van der Waals surface area contributed by atoms with Crippen molar-refractivity contribution in [2.24, 2.45) is 5.41 Å². The number of hydrogen-bond acceptors (Lipinski definition) is 2. The summed E-state index contributed by atoms with van der Waals surface area (Å²) in [6.07, 6.45) is 4.62. The van der Waals surface area contributed by atoms with Crippen molar-refractivity contribution in [3.05, 3.63) is 48.1 Å². The topological polar surface area (TPSA) is 29.5 Å². The number of allylic oxidation sites excluding steroid dienone is 2. The van der Waals surface area contributed by atoms with Gasteiger partial charge in [-0.15, -0.1) is 6.58 Å². The third-order valence-corrected chi connectivity index (χ3v) is 3.32. The second-order valence-corrected chi connectivity index (χ2v) is 5.38. The summed E-state index contributed by atoms with van der Waals surface area (Å²) in [6.45, 7) is 10.2. The van der Waals surface area contributed by atoms with Crippen LogP contribution in [0.1, 0.15) is 31.4 Å². The number of aryl methyl sites for hydroxylation is 1. The van der Waals surface area contributed by atoms with Crippen LogP contribution in [-0.2, 0) is 0 Å². The highest BCUT2D eigenvalue weighted by Gasteiger charge is 2.25. The molecule has 19 heavy (non-hydrogen) atoms. The molecule has 2 heteroatoms. The Morgan fingerprint density at radius 3 is 2.63 bits per heavy atom. The van der Waals surface area contributed by atoms with Gasteiger partial charge < -0.3 is 9.84 Å². The van der Waals surface area contributed by atoms with Crippen LogP contribution < -0.4 is 4.74 Å². The van der Waals surface area contributed by atoms with E-state index in [0.717, 1.165) is 23.3 Å². The van der Waals surface area contributed by atoms with Crippen molar-refractivity contribution >= 4 is 5.57 Å². The lowest BCUT2D eigenvalue weighted by molar-refractivity contribution is 0.341. The summed E-state index contributed by atoms with van der Waals surface area (Å²) >= 11 is 0. The first-order chi connectivity index (χ1) is 8.96. The zero-order chi connectivity index (χ0) is 14.5. The molecule has 0 aliphatic rings. The smallest absolute Gasteiger partial charge is 0.126 e. The molecular weight excluding hydrogens is 236 g/mol. The minimum absolute atomic E-state index is 0.0208. The molecular formula is C17H24O2. The maximum Gasteiger partial charge on any atom is 0.126 e. The zero-order valence-corrected chi connectivity index (χ0v) is 12.4. The van der Waals surface area contributed by atoms with Crippen LogP contribution in [0.5, 0.6) is 5.75 Å². The number of rotatable bonds is 6. The van der Waals surface area contributed by atoms with Crippen LogP contribution in [-0.4, -0.2) is 18.8 Å². The lowest BCUT2D eigenvalue weighted by atomic mass is 9.77. The first-order valence-corrected chi connectivity index (χ1v) is 6.53. The third-order valence-electron chi connectivity index (χ3n) is 3.32. The van der Waals surface area contributed by atoms with Crippen molar-refractivity contribution in [3.63, 3.8) is 0 Å². The summed E-state index contributed by atoms with van der Waals surface area (Å²) in [4.78, 5) is 0. The van der Waals surface area contributed by atoms with Crippen LogP contribution in [0.15, 0.2) is 36.9 Å². The summed E-state index contributed by atoms with van der Waals surface area (Å²) in [6, 6.07) is 6.10. The molecule has 0 radical (unpaired) electrons. The van der Waals surface area contributed by atoms with Gasteiger partial charge in [0.1, 0.15) is 5.75 Å². The minimum atomic E-state index is -0.0917. The first-order valence-electron chi connectivity index (χ1n) is 6.53. The van der Waals surface area contributed by atoms with Crippen molar-refractivity contribution in [1.82, 2.24) is 0 Å². The van der Waals surface area contributed by atoms with Gasteiger partial charge >= 0.3 is 0 Å². The Bertz CT molecular complexity index is 470. The second-order valence-electron chi connectivity index (χ2n) is 5.38. The van der Waals surface area contributed by atoms with Gasteiger partial charge in [-0.2, -0.15) is 0 Å². The molecule has 1 N–H and O–H groups in total. The Balaban J connectivity index is 3.39. The summed E-state index contributed by atoms with van der Waals surface area (Å²) in [5.41, 5.74) is 3.22. The van der Waals surface area contributed by atoms with Crippen LogP contribution in [0.2, 0.25) is 0 Å². The molecule has 104 valence electrons. The van der Waals surface area contributed by atoms with Gasteiger partial charge in [-0.3, -0.25) is 0 Å².